The van der Waals surface area contributed by atoms with Crippen molar-refractivity contribution >= 4 is 28.3 Å². The van der Waals surface area contributed by atoms with Gasteiger partial charge in [0.05, 0.1) is 7.11 Å². The Morgan fingerprint density at radius 1 is 1.53 bits per heavy atom. The molecule has 0 aromatic carbocycles. The number of nitrogens with one attached hydrogen (secondary N) is 1. The number of ether oxygens (including phenoxy) is 1. The van der Waals surface area contributed by atoms with Gasteiger partial charge in [0.2, 0.25) is 5.91 Å². The van der Waals surface area contributed by atoms with E-state index in [9.17, 15) is 9.59 Å². The summed E-state index contributed by atoms with van der Waals surface area (Å²) >= 11 is 1.40. The lowest BCUT2D eigenvalue weighted by Gasteiger charge is -2.41. The second kappa shape index (κ2) is 4.80. The van der Waals surface area contributed by atoms with Crippen molar-refractivity contribution in [2.45, 2.75) is 26.3 Å². The summed E-state index contributed by atoms with van der Waals surface area (Å²) in [5.74, 6) is -0.481. The lowest BCUT2D eigenvalue weighted by molar-refractivity contribution is -0.126. The summed E-state index contributed by atoms with van der Waals surface area (Å²) in [6.07, 6.45) is 0. The van der Waals surface area contributed by atoms with Gasteiger partial charge in [0, 0.05) is 18.0 Å². The van der Waals surface area contributed by atoms with Crippen LogP contribution in [0.1, 0.15) is 29.2 Å². The van der Waals surface area contributed by atoms with Crippen molar-refractivity contribution in [1.29, 1.82) is 0 Å². The Hall–Kier alpha value is -1.63. The highest BCUT2D eigenvalue weighted by Gasteiger charge is 2.39. The molecule has 1 fully saturated rings. The van der Waals surface area contributed by atoms with E-state index >= 15 is 0 Å². The average Bonchev–Trinajstić information content (AvgIpc) is 2.73. The van der Waals surface area contributed by atoms with Crippen LogP contribution in [0.25, 0.3) is 0 Å². The second-order valence-corrected chi connectivity index (χ2v) is 6.04. The van der Waals surface area contributed by atoms with Crippen molar-refractivity contribution in [2.75, 3.05) is 25.1 Å². The number of piperazine rings is 1. The molecule has 104 valence electrons. The third kappa shape index (κ3) is 2.30. The van der Waals surface area contributed by atoms with Gasteiger partial charge in [-0.2, -0.15) is 0 Å². The number of amides is 1. The van der Waals surface area contributed by atoms with Crippen LogP contribution in [0.5, 0.6) is 0 Å². The summed E-state index contributed by atoms with van der Waals surface area (Å²) < 4.78 is 4.70. The van der Waals surface area contributed by atoms with E-state index in [-0.39, 0.29) is 5.91 Å². The number of methoxy groups -OCH3 is 1. The van der Waals surface area contributed by atoms with E-state index in [1.54, 1.807) is 0 Å². The van der Waals surface area contributed by atoms with Crippen LogP contribution in [0.2, 0.25) is 0 Å². The SMILES string of the molecule is COC(=O)c1nc(N2CCNC(=O)C2(C)C)sc1C. The number of esters is 1. The summed E-state index contributed by atoms with van der Waals surface area (Å²) in [5, 5.41) is 3.51. The van der Waals surface area contributed by atoms with Crippen molar-refractivity contribution in [2.24, 2.45) is 0 Å². The summed E-state index contributed by atoms with van der Waals surface area (Å²) in [7, 11) is 1.33. The number of thiazole rings is 1. The molecule has 1 N–H and O–H groups in total. The van der Waals surface area contributed by atoms with Gasteiger partial charge in [-0.3, -0.25) is 4.79 Å². The van der Waals surface area contributed by atoms with Gasteiger partial charge in [0.1, 0.15) is 5.54 Å². The summed E-state index contributed by atoms with van der Waals surface area (Å²) in [4.78, 5) is 30.5. The van der Waals surface area contributed by atoms with Crippen molar-refractivity contribution in [1.82, 2.24) is 10.3 Å². The molecule has 0 radical (unpaired) electrons. The number of carbonyl (C=O) groups excluding carboxylic acids is 2. The maximum Gasteiger partial charge on any atom is 0.357 e. The maximum atomic E-state index is 11.9. The molecule has 0 spiro atoms. The first-order valence-corrected chi connectivity index (χ1v) is 6.81. The highest BCUT2D eigenvalue weighted by Crippen LogP contribution is 2.32. The molecule has 0 bridgehead atoms. The van der Waals surface area contributed by atoms with Crippen molar-refractivity contribution in [3.8, 4) is 0 Å². The van der Waals surface area contributed by atoms with Crippen LogP contribution >= 0.6 is 11.3 Å². The molecule has 0 unspecified atom stereocenters. The molecule has 1 aromatic rings. The molecule has 2 rings (SSSR count). The van der Waals surface area contributed by atoms with Crippen LogP contribution in [0.4, 0.5) is 5.13 Å². The highest BCUT2D eigenvalue weighted by molar-refractivity contribution is 7.15. The molecule has 19 heavy (non-hydrogen) atoms. The van der Waals surface area contributed by atoms with Gasteiger partial charge < -0.3 is 15.0 Å². The predicted molar refractivity (Wildman–Crippen MR) is 72.6 cm³/mol. The van der Waals surface area contributed by atoms with E-state index in [0.717, 1.165) is 4.88 Å². The second-order valence-electron chi connectivity index (χ2n) is 4.86. The molecule has 0 saturated carbocycles. The van der Waals surface area contributed by atoms with Crippen molar-refractivity contribution < 1.29 is 14.3 Å². The van der Waals surface area contributed by atoms with Crippen LogP contribution in [0, 0.1) is 6.92 Å². The molecule has 1 aromatic heterocycles. The molecular formula is C12H17N3O3S. The fraction of sp³-hybridized carbons (Fsp3) is 0.583. The first-order valence-electron chi connectivity index (χ1n) is 5.99. The average molecular weight is 283 g/mol. The monoisotopic (exact) mass is 283 g/mol. The number of nitrogens with zero attached hydrogens (tertiary/aromatic N) is 2. The summed E-state index contributed by atoms with van der Waals surface area (Å²) in [6, 6.07) is 0. The van der Waals surface area contributed by atoms with Crippen LogP contribution < -0.4 is 10.2 Å². The minimum atomic E-state index is -0.671. The Morgan fingerprint density at radius 2 is 2.21 bits per heavy atom. The van der Waals surface area contributed by atoms with Gasteiger partial charge in [-0.05, 0) is 20.8 Å². The molecule has 2 heterocycles. The zero-order chi connectivity index (χ0) is 14.2. The smallest absolute Gasteiger partial charge is 0.357 e. The van der Waals surface area contributed by atoms with E-state index in [1.165, 1.54) is 18.4 Å². The summed E-state index contributed by atoms with van der Waals surface area (Å²) in [5.41, 5.74) is -0.347. The Morgan fingerprint density at radius 3 is 2.84 bits per heavy atom. The lowest BCUT2D eigenvalue weighted by Crippen LogP contribution is -2.62. The number of hydrogen-bond donors (Lipinski definition) is 1. The molecule has 0 atom stereocenters. The van der Waals surface area contributed by atoms with Crippen LogP contribution in [-0.2, 0) is 9.53 Å². The van der Waals surface area contributed by atoms with Gasteiger partial charge in [-0.1, -0.05) is 0 Å². The molecule has 6 nitrogen and oxygen atoms in total. The van der Waals surface area contributed by atoms with Crippen molar-refractivity contribution in [3.63, 3.8) is 0 Å². The minimum Gasteiger partial charge on any atom is -0.464 e. The normalized spacial score (nSPS) is 18.1. The summed E-state index contributed by atoms with van der Waals surface area (Å²) in [6.45, 7) is 6.76. The Balaban J connectivity index is 2.36. The fourth-order valence-corrected chi connectivity index (χ4v) is 3.08. The fourth-order valence-electron chi connectivity index (χ4n) is 2.02. The molecule has 7 heteroatoms. The molecule has 0 aliphatic carbocycles. The Labute approximate surface area is 115 Å². The van der Waals surface area contributed by atoms with E-state index in [4.69, 9.17) is 4.74 Å². The topological polar surface area (TPSA) is 71.5 Å². The number of rotatable bonds is 2. The van der Waals surface area contributed by atoms with E-state index in [1.807, 2.05) is 25.7 Å². The number of aryl methyl sites for hydroxylation is 1. The van der Waals surface area contributed by atoms with E-state index < -0.39 is 11.5 Å². The number of hydrogen-bond acceptors (Lipinski definition) is 6. The number of anilines is 1. The number of aromatic nitrogens is 1. The maximum absolute atomic E-state index is 11.9. The highest BCUT2D eigenvalue weighted by atomic mass is 32.1. The van der Waals surface area contributed by atoms with Crippen molar-refractivity contribution in [3.05, 3.63) is 10.6 Å². The van der Waals surface area contributed by atoms with Gasteiger partial charge in [-0.25, -0.2) is 9.78 Å². The largest absolute Gasteiger partial charge is 0.464 e. The Bertz CT molecular complexity index is 524. The molecular weight excluding hydrogens is 266 g/mol. The van der Waals surface area contributed by atoms with Crippen LogP contribution in [0.3, 0.4) is 0 Å². The standard InChI is InChI=1S/C12H17N3O3S/c1-7-8(9(16)18-4)14-11(19-7)15-6-5-13-10(17)12(15,2)3/h5-6H2,1-4H3,(H,13,17). The van der Waals surface area contributed by atoms with E-state index in [0.29, 0.717) is 23.9 Å². The zero-order valence-corrected chi connectivity index (χ0v) is 12.3. The van der Waals surface area contributed by atoms with E-state index in [2.05, 4.69) is 10.3 Å². The zero-order valence-electron chi connectivity index (χ0n) is 11.4. The van der Waals surface area contributed by atoms with Crippen LogP contribution in [-0.4, -0.2) is 42.6 Å². The van der Waals surface area contributed by atoms with Gasteiger partial charge in [-0.15, -0.1) is 11.3 Å². The van der Waals surface area contributed by atoms with Crippen LogP contribution in [0.15, 0.2) is 0 Å². The van der Waals surface area contributed by atoms with Gasteiger partial charge in [0.25, 0.3) is 0 Å². The first kappa shape index (κ1) is 13.8. The minimum absolute atomic E-state index is 0.0359. The Kier molecular flexibility index (Phi) is 3.49. The molecule has 1 amide bonds. The third-order valence-corrected chi connectivity index (χ3v) is 4.24. The first-order chi connectivity index (χ1) is 8.87. The predicted octanol–water partition coefficient (Wildman–Crippen LogP) is 0.953. The van der Waals surface area contributed by atoms with Gasteiger partial charge >= 0.3 is 5.97 Å². The molecule has 1 aliphatic heterocycles. The van der Waals surface area contributed by atoms with Gasteiger partial charge in [0.15, 0.2) is 10.8 Å². The quantitative estimate of drug-likeness (QED) is 0.818. The molecule has 1 saturated heterocycles. The molecule has 1 aliphatic rings. The number of carbonyl (C=O) groups is 2. The third-order valence-electron chi connectivity index (χ3n) is 3.25. The lowest BCUT2D eigenvalue weighted by atomic mass is 10.00.